The molecule has 0 radical (unpaired) electrons. The van der Waals surface area contributed by atoms with Gasteiger partial charge in [0.05, 0.1) is 13.2 Å². The van der Waals surface area contributed by atoms with Gasteiger partial charge in [-0.1, -0.05) is 27.7 Å². The molecule has 0 aliphatic heterocycles. The number of ether oxygens (including phenoxy) is 2. The standard InChI is InChI=1S/C13H24O4/c1-7-16-11(14)10(12(15)17-8-2)9(3)13(4,5)6/h9-10H,7-8H2,1-6H3. The van der Waals surface area contributed by atoms with E-state index in [9.17, 15) is 9.59 Å². The Hall–Kier alpha value is -1.06. The molecule has 0 aromatic rings. The lowest BCUT2D eigenvalue weighted by Gasteiger charge is -2.31. The zero-order valence-electron chi connectivity index (χ0n) is 11.7. The largest absolute Gasteiger partial charge is 0.465 e. The first-order chi connectivity index (χ1) is 7.75. The maximum atomic E-state index is 11.8. The van der Waals surface area contributed by atoms with Crippen LogP contribution in [0.15, 0.2) is 0 Å². The highest BCUT2D eigenvalue weighted by Gasteiger charge is 2.40. The maximum absolute atomic E-state index is 11.8. The van der Waals surface area contributed by atoms with Crippen LogP contribution in [0.4, 0.5) is 0 Å². The Bertz CT molecular complexity index is 247. The Kier molecular flexibility index (Phi) is 6.21. The van der Waals surface area contributed by atoms with Gasteiger partial charge in [-0.2, -0.15) is 0 Å². The van der Waals surface area contributed by atoms with Gasteiger partial charge in [0.1, 0.15) is 0 Å². The van der Waals surface area contributed by atoms with Crippen molar-refractivity contribution in [3.05, 3.63) is 0 Å². The maximum Gasteiger partial charge on any atom is 0.320 e. The molecule has 0 bridgehead atoms. The van der Waals surface area contributed by atoms with Gasteiger partial charge in [-0.3, -0.25) is 9.59 Å². The van der Waals surface area contributed by atoms with Crippen LogP contribution < -0.4 is 0 Å². The summed E-state index contributed by atoms with van der Waals surface area (Å²) < 4.78 is 9.90. The zero-order valence-corrected chi connectivity index (χ0v) is 11.7. The van der Waals surface area contributed by atoms with Crippen molar-refractivity contribution < 1.29 is 19.1 Å². The Balaban J connectivity index is 4.97. The molecule has 0 heterocycles. The molecule has 0 fully saturated rings. The summed E-state index contributed by atoms with van der Waals surface area (Å²) in [5.74, 6) is -1.96. The summed E-state index contributed by atoms with van der Waals surface area (Å²) in [5.41, 5.74) is -0.163. The van der Waals surface area contributed by atoms with Crippen molar-refractivity contribution >= 4 is 11.9 Å². The number of rotatable bonds is 5. The minimum Gasteiger partial charge on any atom is -0.465 e. The van der Waals surface area contributed by atoms with E-state index in [0.29, 0.717) is 0 Å². The molecule has 1 atom stereocenters. The van der Waals surface area contributed by atoms with Gasteiger partial charge < -0.3 is 9.47 Å². The molecule has 0 spiro atoms. The van der Waals surface area contributed by atoms with Crippen molar-refractivity contribution in [1.82, 2.24) is 0 Å². The normalized spacial score (nSPS) is 13.4. The smallest absolute Gasteiger partial charge is 0.320 e. The number of carbonyl (C=O) groups is 2. The third-order valence-electron chi connectivity index (χ3n) is 2.95. The molecule has 0 amide bonds. The first kappa shape index (κ1) is 15.9. The van der Waals surface area contributed by atoms with E-state index in [1.165, 1.54) is 0 Å². The molecule has 4 heteroatoms. The lowest BCUT2D eigenvalue weighted by Crippen LogP contribution is -2.38. The molecule has 0 saturated heterocycles. The highest BCUT2D eigenvalue weighted by atomic mass is 16.6. The van der Waals surface area contributed by atoms with E-state index in [1.807, 2.05) is 27.7 Å². The predicted molar refractivity (Wildman–Crippen MR) is 65.4 cm³/mol. The molecule has 17 heavy (non-hydrogen) atoms. The fraction of sp³-hybridized carbons (Fsp3) is 0.846. The number of hydrogen-bond donors (Lipinski definition) is 0. The van der Waals surface area contributed by atoms with Gasteiger partial charge in [0.2, 0.25) is 0 Å². The molecular weight excluding hydrogens is 220 g/mol. The van der Waals surface area contributed by atoms with Gasteiger partial charge in [-0.25, -0.2) is 0 Å². The van der Waals surface area contributed by atoms with Crippen LogP contribution in [0, 0.1) is 17.3 Å². The van der Waals surface area contributed by atoms with Gasteiger partial charge in [-0.15, -0.1) is 0 Å². The predicted octanol–water partition coefficient (Wildman–Crippen LogP) is 2.41. The van der Waals surface area contributed by atoms with Crippen LogP contribution in [-0.2, 0) is 19.1 Å². The molecule has 0 aromatic carbocycles. The number of esters is 2. The van der Waals surface area contributed by atoms with Crippen LogP contribution in [0.25, 0.3) is 0 Å². The zero-order chi connectivity index (χ0) is 13.6. The second kappa shape index (κ2) is 6.62. The van der Waals surface area contributed by atoms with E-state index in [2.05, 4.69) is 0 Å². The van der Waals surface area contributed by atoms with Crippen molar-refractivity contribution in [1.29, 1.82) is 0 Å². The summed E-state index contributed by atoms with van der Waals surface area (Å²) in [6.07, 6.45) is 0. The SMILES string of the molecule is CCOC(=O)C(C(=O)OCC)C(C)C(C)(C)C. The van der Waals surface area contributed by atoms with Gasteiger partial charge in [-0.05, 0) is 25.2 Å². The fourth-order valence-corrected chi connectivity index (χ4v) is 1.47. The van der Waals surface area contributed by atoms with Crippen LogP contribution in [0.1, 0.15) is 41.5 Å². The average Bonchev–Trinajstić information content (AvgIpc) is 2.17. The van der Waals surface area contributed by atoms with Gasteiger partial charge in [0.15, 0.2) is 5.92 Å². The Labute approximate surface area is 104 Å². The first-order valence-electron chi connectivity index (χ1n) is 6.08. The molecule has 0 aliphatic rings. The van der Waals surface area contributed by atoms with E-state index in [-0.39, 0.29) is 24.5 Å². The van der Waals surface area contributed by atoms with Crippen molar-refractivity contribution in [3.63, 3.8) is 0 Å². The minimum absolute atomic E-state index is 0.138. The van der Waals surface area contributed by atoms with E-state index < -0.39 is 17.9 Å². The molecule has 0 N–H and O–H groups in total. The number of hydrogen-bond acceptors (Lipinski definition) is 4. The minimum atomic E-state index is -0.838. The molecule has 0 aliphatic carbocycles. The third-order valence-corrected chi connectivity index (χ3v) is 2.95. The van der Waals surface area contributed by atoms with E-state index in [1.54, 1.807) is 13.8 Å². The summed E-state index contributed by atoms with van der Waals surface area (Å²) >= 11 is 0. The van der Waals surface area contributed by atoms with Crippen LogP contribution >= 0.6 is 0 Å². The van der Waals surface area contributed by atoms with Crippen LogP contribution in [-0.4, -0.2) is 25.2 Å². The Morgan fingerprint density at radius 3 is 1.59 bits per heavy atom. The van der Waals surface area contributed by atoms with Crippen molar-refractivity contribution in [2.75, 3.05) is 13.2 Å². The Morgan fingerprint density at radius 2 is 1.35 bits per heavy atom. The number of carbonyl (C=O) groups excluding carboxylic acids is 2. The molecule has 0 saturated carbocycles. The van der Waals surface area contributed by atoms with Crippen molar-refractivity contribution in [3.8, 4) is 0 Å². The highest BCUT2D eigenvalue weighted by molar-refractivity contribution is 5.95. The Morgan fingerprint density at radius 1 is 1.00 bits per heavy atom. The van der Waals surface area contributed by atoms with Gasteiger partial charge >= 0.3 is 11.9 Å². The molecule has 100 valence electrons. The molecular formula is C13H24O4. The summed E-state index contributed by atoms with van der Waals surface area (Å²) in [5, 5.41) is 0. The topological polar surface area (TPSA) is 52.6 Å². The molecule has 0 rings (SSSR count). The fourth-order valence-electron chi connectivity index (χ4n) is 1.47. The van der Waals surface area contributed by atoms with Crippen LogP contribution in [0.3, 0.4) is 0 Å². The van der Waals surface area contributed by atoms with Crippen molar-refractivity contribution in [2.45, 2.75) is 41.5 Å². The van der Waals surface area contributed by atoms with Crippen molar-refractivity contribution in [2.24, 2.45) is 17.3 Å². The second-order valence-corrected chi connectivity index (χ2v) is 5.14. The summed E-state index contributed by atoms with van der Waals surface area (Å²) in [7, 11) is 0. The van der Waals surface area contributed by atoms with Gasteiger partial charge in [0, 0.05) is 0 Å². The second-order valence-electron chi connectivity index (χ2n) is 5.14. The quantitative estimate of drug-likeness (QED) is 0.550. The summed E-state index contributed by atoms with van der Waals surface area (Å²) in [6, 6.07) is 0. The van der Waals surface area contributed by atoms with E-state index in [4.69, 9.17) is 9.47 Å². The third kappa shape index (κ3) is 4.75. The summed E-state index contributed by atoms with van der Waals surface area (Å²) in [4.78, 5) is 23.6. The lowest BCUT2D eigenvalue weighted by atomic mass is 9.74. The molecule has 1 unspecified atom stereocenters. The average molecular weight is 244 g/mol. The van der Waals surface area contributed by atoms with Gasteiger partial charge in [0.25, 0.3) is 0 Å². The van der Waals surface area contributed by atoms with Crippen LogP contribution in [0.5, 0.6) is 0 Å². The van der Waals surface area contributed by atoms with Crippen LogP contribution in [0.2, 0.25) is 0 Å². The highest BCUT2D eigenvalue weighted by Crippen LogP contribution is 2.33. The lowest BCUT2D eigenvalue weighted by molar-refractivity contribution is -0.166. The first-order valence-corrected chi connectivity index (χ1v) is 6.08. The monoisotopic (exact) mass is 244 g/mol. The summed E-state index contributed by atoms with van der Waals surface area (Å²) in [6.45, 7) is 11.8. The van der Waals surface area contributed by atoms with E-state index >= 15 is 0 Å². The molecule has 0 aromatic heterocycles. The van der Waals surface area contributed by atoms with E-state index in [0.717, 1.165) is 0 Å². The molecule has 4 nitrogen and oxygen atoms in total.